The second kappa shape index (κ2) is 7.53. The summed E-state index contributed by atoms with van der Waals surface area (Å²) in [6.07, 6.45) is 0. The fraction of sp³-hybridized carbons (Fsp3) is 0.231. The van der Waals surface area contributed by atoms with Crippen LogP contribution in [0.3, 0.4) is 0 Å². The van der Waals surface area contributed by atoms with Gasteiger partial charge in [0.15, 0.2) is 11.4 Å². The summed E-state index contributed by atoms with van der Waals surface area (Å²) < 4.78 is 0. The van der Waals surface area contributed by atoms with E-state index in [1.54, 1.807) is 25.1 Å². The minimum absolute atomic E-state index is 0.130. The van der Waals surface area contributed by atoms with Gasteiger partial charge in [-0.05, 0) is 6.92 Å². The number of hydrogen-bond donors (Lipinski definition) is 2. The van der Waals surface area contributed by atoms with Gasteiger partial charge in [-0.1, -0.05) is 34.6 Å². The van der Waals surface area contributed by atoms with E-state index in [1.165, 1.54) is 7.11 Å². The first-order valence-electron chi connectivity index (χ1n) is 5.70. The molecule has 0 unspecified atom stereocenters. The molecular formula is C13H15N5O2. The molecule has 0 atom stereocenters. The lowest BCUT2D eigenvalue weighted by Gasteiger charge is -2.09. The maximum absolute atomic E-state index is 8.58. The van der Waals surface area contributed by atoms with E-state index in [4.69, 9.17) is 26.1 Å². The van der Waals surface area contributed by atoms with E-state index in [1.807, 2.05) is 12.1 Å². The quantitative estimate of drug-likeness (QED) is 0.462. The molecule has 20 heavy (non-hydrogen) atoms. The minimum Gasteiger partial charge on any atom is -0.399 e. The van der Waals surface area contributed by atoms with Crippen molar-refractivity contribution in [3.8, 4) is 6.07 Å². The molecule has 7 nitrogen and oxygen atoms in total. The molecule has 0 aliphatic rings. The van der Waals surface area contributed by atoms with Crippen molar-refractivity contribution in [2.45, 2.75) is 13.5 Å². The Morgan fingerprint density at radius 2 is 2.10 bits per heavy atom. The van der Waals surface area contributed by atoms with E-state index in [0.717, 1.165) is 5.56 Å². The second-order valence-corrected chi connectivity index (χ2v) is 3.76. The van der Waals surface area contributed by atoms with Gasteiger partial charge in [-0.25, -0.2) is 0 Å². The van der Waals surface area contributed by atoms with Crippen molar-refractivity contribution in [2.24, 2.45) is 16.0 Å². The number of nitrogens with one attached hydrogen (secondary N) is 1. The Kier molecular flexibility index (Phi) is 5.72. The lowest BCUT2D eigenvalue weighted by molar-refractivity contribution is 0.130. The number of benzene rings is 1. The van der Waals surface area contributed by atoms with Crippen LogP contribution < -0.4 is 5.73 Å². The molecule has 0 bridgehead atoms. The lowest BCUT2D eigenvalue weighted by Crippen LogP contribution is -2.25. The first kappa shape index (κ1) is 15.2. The van der Waals surface area contributed by atoms with Crippen LogP contribution in [-0.4, -0.2) is 24.4 Å². The van der Waals surface area contributed by atoms with Crippen molar-refractivity contribution in [1.82, 2.24) is 0 Å². The Bertz CT molecular complexity index is 587. The molecule has 3 N–H and O–H groups in total. The van der Waals surface area contributed by atoms with Gasteiger partial charge in [0.25, 0.3) is 0 Å². The predicted octanol–water partition coefficient (Wildman–Crippen LogP) is 1.39. The molecule has 0 aromatic heterocycles. The zero-order chi connectivity index (χ0) is 15.0. The number of hydrogen-bond acceptors (Lipinski definition) is 6. The van der Waals surface area contributed by atoms with Gasteiger partial charge < -0.3 is 15.4 Å². The molecular weight excluding hydrogens is 258 g/mol. The molecule has 1 aromatic rings. The number of amidine groups is 1. The summed E-state index contributed by atoms with van der Waals surface area (Å²) in [4.78, 5) is 9.77. The first-order valence-corrected chi connectivity index (χ1v) is 5.70. The van der Waals surface area contributed by atoms with Gasteiger partial charge in [0.1, 0.15) is 25.6 Å². The van der Waals surface area contributed by atoms with Gasteiger partial charge in [0.2, 0.25) is 0 Å². The number of nitrogens with two attached hydrogens (primary N) is 1. The highest BCUT2D eigenvalue weighted by Gasteiger charge is 2.13. The molecule has 104 valence electrons. The smallest absolute Gasteiger partial charge is 0.153 e. The van der Waals surface area contributed by atoms with Gasteiger partial charge in [-0.15, -0.1) is 0 Å². The second-order valence-electron chi connectivity index (χ2n) is 3.76. The SMILES string of the molecule is CON=C(C(=N)N)c1ccccc1CO/N=C(\C)C#N. The van der Waals surface area contributed by atoms with Crippen molar-refractivity contribution in [3.63, 3.8) is 0 Å². The van der Waals surface area contributed by atoms with Gasteiger partial charge >= 0.3 is 0 Å². The summed E-state index contributed by atoms with van der Waals surface area (Å²) in [6.45, 7) is 1.67. The maximum Gasteiger partial charge on any atom is 0.153 e. The number of nitrogens with zero attached hydrogens (tertiary/aromatic N) is 3. The molecule has 1 rings (SSSR count). The average Bonchev–Trinajstić information content (AvgIpc) is 2.45. The van der Waals surface area contributed by atoms with Crippen LogP contribution in [0.1, 0.15) is 18.1 Å². The van der Waals surface area contributed by atoms with Crippen molar-refractivity contribution >= 4 is 17.3 Å². The van der Waals surface area contributed by atoms with E-state index in [2.05, 4.69) is 10.3 Å². The lowest BCUT2D eigenvalue weighted by atomic mass is 10.0. The highest BCUT2D eigenvalue weighted by atomic mass is 16.6. The van der Waals surface area contributed by atoms with Crippen LogP contribution in [0.4, 0.5) is 0 Å². The van der Waals surface area contributed by atoms with Crippen LogP contribution in [0.15, 0.2) is 34.6 Å². The molecule has 0 saturated heterocycles. The molecule has 0 radical (unpaired) electrons. The molecule has 0 spiro atoms. The summed E-state index contributed by atoms with van der Waals surface area (Å²) in [5, 5.41) is 23.5. The molecule has 0 heterocycles. The topological polar surface area (TPSA) is 117 Å². The van der Waals surface area contributed by atoms with Crippen molar-refractivity contribution in [2.75, 3.05) is 7.11 Å². The first-order chi connectivity index (χ1) is 9.60. The van der Waals surface area contributed by atoms with Gasteiger partial charge in [-0.2, -0.15) is 5.26 Å². The number of oxime groups is 2. The fourth-order valence-electron chi connectivity index (χ4n) is 1.43. The Hall–Kier alpha value is -2.88. The molecule has 0 fully saturated rings. The van der Waals surface area contributed by atoms with Crippen molar-refractivity contribution in [1.29, 1.82) is 10.7 Å². The van der Waals surface area contributed by atoms with E-state index < -0.39 is 0 Å². The summed E-state index contributed by atoms with van der Waals surface area (Å²) in [6, 6.07) is 9.00. The standard InChI is InChI=1S/C13H15N5O2/c1-9(7-14)17-20-8-10-5-3-4-6-11(10)12(13(15)16)18-19-2/h3-6H,8H2,1-2H3,(H3,15,16)/b17-9+,18-12?. The maximum atomic E-state index is 8.58. The molecule has 0 aliphatic heterocycles. The van der Waals surface area contributed by atoms with E-state index >= 15 is 0 Å². The number of nitriles is 1. The monoisotopic (exact) mass is 273 g/mol. The zero-order valence-electron chi connectivity index (χ0n) is 11.3. The predicted molar refractivity (Wildman–Crippen MR) is 75.4 cm³/mol. The molecule has 7 heteroatoms. The highest BCUT2D eigenvalue weighted by molar-refractivity contribution is 6.46. The van der Waals surface area contributed by atoms with Gasteiger partial charge in [0, 0.05) is 11.1 Å². The third kappa shape index (κ3) is 4.10. The van der Waals surface area contributed by atoms with Gasteiger partial charge in [-0.3, -0.25) is 5.41 Å². The largest absolute Gasteiger partial charge is 0.399 e. The van der Waals surface area contributed by atoms with Crippen LogP contribution in [-0.2, 0) is 16.3 Å². The summed E-state index contributed by atoms with van der Waals surface area (Å²) in [7, 11) is 1.38. The molecule has 0 aliphatic carbocycles. The van der Waals surface area contributed by atoms with Crippen LogP contribution in [0, 0.1) is 16.7 Å². The van der Waals surface area contributed by atoms with Crippen LogP contribution in [0.25, 0.3) is 0 Å². The summed E-state index contributed by atoms with van der Waals surface area (Å²) in [5.41, 5.74) is 7.27. The minimum atomic E-state index is -0.212. The zero-order valence-corrected chi connectivity index (χ0v) is 11.3. The van der Waals surface area contributed by atoms with E-state index in [-0.39, 0.29) is 23.9 Å². The van der Waals surface area contributed by atoms with Crippen LogP contribution >= 0.6 is 0 Å². The Morgan fingerprint density at radius 3 is 2.70 bits per heavy atom. The van der Waals surface area contributed by atoms with Gasteiger partial charge in [0.05, 0.1) is 0 Å². The van der Waals surface area contributed by atoms with E-state index in [0.29, 0.717) is 5.56 Å². The third-order valence-corrected chi connectivity index (χ3v) is 2.29. The average molecular weight is 273 g/mol. The molecule has 1 aromatic carbocycles. The summed E-state index contributed by atoms with van der Waals surface area (Å²) in [5.74, 6) is -0.212. The highest BCUT2D eigenvalue weighted by Crippen LogP contribution is 2.12. The Morgan fingerprint density at radius 1 is 1.40 bits per heavy atom. The van der Waals surface area contributed by atoms with Crippen molar-refractivity contribution in [3.05, 3.63) is 35.4 Å². The van der Waals surface area contributed by atoms with Crippen molar-refractivity contribution < 1.29 is 9.68 Å². The Labute approximate surface area is 116 Å². The van der Waals surface area contributed by atoms with Crippen LogP contribution in [0.2, 0.25) is 0 Å². The third-order valence-electron chi connectivity index (χ3n) is 2.29. The summed E-state index contributed by atoms with van der Waals surface area (Å²) >= 11 is 0. The fourth-order valence-corrected chi connectivity index (χ4v) is 1.43. The molecule has 0 saturated carbocycles. The normalized spacial score (nSPS) is 11.7. The Balaban J connectivity index is 3.02. The van der Waals surface area contributed by atoms with E-state index in [9.17, 15) is 0 Å². The molecule has 0 amide bonds. The van der Waals surface area contributed by atoms with Crippen LogP contribution in [0.5, 0.6) is 0 Å². The number of rotatable bonds is 6.